The molecule has 3 N–H and O–H groups in total. The van der Waals surface area contributed by atoms with Gasteiger partial charge >= 0.3 is 0 Å². The Bertz CT molecular complexity index is 131. The van der Waals surface area contributed by atoms with Gasteiger partial charge in [0.15, 0.2) is 0 Å². The molecule has 64 valence electrons. The summed E-state index contributed by atoms with van der Waals surface area (Å²) in [6.07, 6.45) is 6.11. The summed E-state index contributed by atoms with van der Waals surface area (Å²) in [5, 5.41) is 0. The van der Waals surface area contributed by atoms with Crippen molar-refractivity contribution in [2.24, 2.45) is 5.84 Å². The first-order valence-corrected chi connectivity index (χ1v) is 3.83. The van der Waals surface area contributed by atoms with Crippen LogP contribution in [0.15, 0.2) is 0 Å². The maximum absolute atomic E-state index is 5.35. The fourth-order valence-electron chi connectivity index (χ4n) is 0.927. The van der Waals surface area contributed by atoms with E-state index in [0.29, 0.717) is 6.61 Å². The van der Waals surface area contributed by atoms with Gasteiger partial charge in [-0.25, -0.2) is 5.43 Å². The van der Waals surface area contributed by atoms with Crippen LogP contribution in [0, 0.1) is 12.3 Å². The highest BCUT2D eigenvalue weighted by Crippen LogP contribution is 2.02. The quantitative estimate of drug-likeness (QED) is 0.341. The summed E-state index contributed by atoms with van der Waals surface area (Å²) in [6, 6.07) is -0.181. The van der Waals surface area contributed by atoms with Crippen LogP contribution in [0.3, 0.4) is 0 Å². The van der Waals surface area contributed by atoms with Crippen molar-refractivity contribution in [2.45, 2.75) is 32.4 Å². The highest BCUT2D eigenvalue weighted by Gasteiger charge is 2.15. The van der Waals surface area contributed by atoms with E-state index in [9.17, 15) is 0 Å². The summed E-state index contributed by atoms with van der Waals surface area (Å²) < 4.78 is 5.35. The summed E-state index contributed by atoms with van der Waals surface area (Å²) in [5.74, 6) is 7.74. The Morgan fingerprint density at radius 1 is 1.64 bits per heavy atom. The molecule has 0 aliphatic rings. The standard InChI is InChI=1S/C8H16N2O/c1-4-7(10-9)8(5-2)11-6-3/h1,7-8,10H,5-6,9H2,2-3H3. The van der Waals surface area contributed by atoms with Gasteiger partial charge in [-0.2, -0.15) is 0 Å². The van der Waals surface area contributed by atoms with E-state index in [-0.39, 0.29) is 12.1 Å². The Kier molecular flexibility index (Phi) is 5.86. The zero-order valence-corrected chi connectivity index (χ0v) is 7.13. The third-order valence-corrected chi connectivity index (χ3v) is 1.51. The van der Waals surface area contributed by atoms with E-state index in [0.717, 1.165) is 6.42 Å². The minimum Gasteiger partial charge on any atom is -0.376 e. The van der Waals surface area contributed by atoms with Crippen molar-refractivity contribution in [3.8, 4) is 12.3 Å². The maximum atomic E-state index is 5.35. The van der Waals surface area contributed by atoms with Crippen molar-refractivity contribution < 1.29 is 4.74 Å². The van der Waals surface area contributed by atoms with Crippen molar-refractivity contribution in [3.63, 3.8) is 0 Å². The molecule has 0 aliphatic carbocycles. The van der Waals surface area contributed by atoms with Crippen LogP contribution in [0.2, 0.25) is 0 Å². The van der Waals surface area contributed by atoms with Gasteiger partial charge < -0.3 is 4.74 Å². The second kappa shape index (κ2) is 6.17. The van der Waals surface area contributed by atoms with Crippen LogP contribution < -0.4 is 11.3 Å². The second-order valence-corrected chi connectivity index (χ2v) is 2.21. The molecule has 0 radical (unpaired) electrons. The predicted molar refractivity (Wildman–Crippen MR) is 45.6 cm³/mol. The highest BCUT2D eigenvalue weighted by atomic mass is 16.5. The molecular formula is C8H16N2O. The van der Waals surface area contributed by atoms with Gasteiger partial charge in [-0.1, -0.05) is 12.8 Å². The number of rotatable bonds is 5. The average molecular weight is 156 g/mol. The van der Waals surface area contributed by atoms with Gasteiger partial charge in [0.05, 0.1) is 6.10 Å². The Labute approximate surface area is 68.3 Å². The number of nitrogens with one attached hydrogen (secondary N) is 1. The number of hydrogen-bond donors (Lipinski definition) is 2. The molecule has 2 unspecified atom stereocenters. The Morgan fingerprint density at radius 3 is 2.55 bits per heavy atom. The van der Waals surface area contributed by atoms with Crippen molar-refractivity contribution >= 4 is 0 Å². The van der Waals surface area contributed by atoms with Crippen LogP contribution >= 0.6 is 0 Å². The zero-order valence-electron chi connectivity index (χ0n) is 7.13. The molecule has 0 aromatic carbocycles. The third-order valence-electron chi connectivity index (χ3n) is 1.51. The van der Waals surface area contributed by atoms with E-state index in [1.807, 2.05) is 13.8 Å². The van der Waals surface area contributed by atoms with E-state index in [2.05, 4.69) is 11.3 Å². The van der Waals surface area contributed by atoms with E-state index in [1.165, 1.54) is 0 Å². The molecule has 3 heteroatoms. The molecule has 0 aromatic rings. The minimum absolute atomic E-state index is 0.0231. The van der Waals surface area contributed by atoms with E-state index in [4.69, 9.17) is 17.0 Å². The summed E-state index contributed by atoms with van der Waals surface area (Å²) in [6.45, 7) is 4.62. The van der Waals surface area contributed by atoms with E-state index < -0.39 is 0 Å². The molecule has 0 saturated heterocycles. The molecule has 0 aliphatic heterocycles. The minimum atomic E-state index is -0.181. The lowest BCUT2D eigenvalue weighted by atomic mass is 10.1. The van der Waals surface area contributed by atoms with Gasteiger partial charge in [-0.05, 0) is 13.3 Å². The number of terminal acetylenes is 1. The van der Waals surface area contributed by atoms with Crippen molar-refractivity contribution in [1.29, 1.82) is 0 Å². The van der Waals surface area contributed by atoms with Gasteiger partial charge in [0.2, 0.25) is 0 Å². The first-order chi connectivity index (χ1) is 5.29. The third kappa shape index (κ3) is 3.38. The monoisotopic (exact) mass is 156 g/mol. The van der Waals surface area contributed by atoms with Crippen LogP contribution in [0.1, 0.15) is 20.3 Å². The fraction of sp³-hybridized carbons (Fsp3) is 0.750. The summed E-state index contributed by atoms with van der Waals surface area (Å²) in [4.78, 5) is 0. The summed E-state index contributed by atoms with van der Waals surface area (Å²) in [7, 11) is 0. The van der Waals surface area contributed by atoms with Gasteiger partial charge in [-0.15, -0.1) is 6.42 Å². The second-order valence-electron chi connectivity index (χ2n) is 2.21. The number of ether oxygens (including phenoxy) is 1. The lowest BCUT2D eigenvalue weighted by molar-refractivity contribution is 0.0456. The van der Waals surface area contributed by atoms with Crippen LogP contribution in [0.25, 0.3) is 0 Å². The van der Waals surface area contributed by atoms with Gasteiger partial charge in [0.25, 0.3) is 0 Å². The smallest absolute Gasteiger partial charge is 0.107 e. The molecule has 0 saturated carbocycles. The molecule has 2 atom stereocenters. The van der Waals surface area contributed by atoms with Crippen molar-refractivity contribution in [2.75, 3.05) is 6.61 Å². The molecule has 0 fully saturated rings. The molecule has 0 bridgehead atoms. The summed E-state index contributed by atoms with van der Waals surface area (Å²) in [5.41, 5.74) is 2.53. The lowest BCUT2D eigenvalue weighted by Gasteiger charge is -2.20. The summed E-state index contributed by atoms with van der Waals surface area (Å²) >= 11 is 0. The maximum Gasteiger partial charge on any atom is 0.107 e. The topological polar surface area (TPSA) is 47.3 Å². The fourth-order valence-corrected chi connectivity index (χ4v) is 0.927. The number of hydrazine groups is 1. The number of hydrogen-bond acceptors (Lipinski definition) is 3. The molecule has 0 rings (SSSR count). The van der Waals surface area contributed by atoms with Gasteiger partial charge in [0, 0.05) is 6.61 Å². The predicted octanol–water partition coefficient (Wildman–Crippen LogP) is 0.267. The molecule has 11 heavy (non-hydrogen) atoms. The molecule has 0 spiro atoms. The van der Waals surface area contributed by atoms with Gasteiger partial charge in [0.1, 0.15) is 6.04 Å². The van der Waals surface area contributed by atoms with Crippen LogP contribution in [0.4, 0.5) is 0 Å². The molecule has 3 nitrogen and oxygen atoms in total. The Morgan fingerprint density at radius 2 is 2.27 bits per heavy atom. The van der Waals surface area contributed by atoms with E-state index in [1.54, 1.807) is 0 Å². The first kappa shape index (κ1) is 10.4. The van der Waals surface area contributed by atoms with Crippen LogP contribution in [0.5, 0.6) is 0 Å². The van der Waals surface area contributed by atoms with Crippen LogP contribution in [-0.2, 0) is 4.74 Å². The first-order valence-electron chi connectivity index (χ1n) is 3.83. The zero-order chi connectivity index (χ0) is 8.69. The van der Waals surface area contributed by atoms with Crippen molar-refractivity contribution in [1.82, 2.24) is 5.43 Å². The molecule has 0 amide bonds. The normalized spacial score (nSPS) is 15.5. The van der Waals surface area contributed by atoms with Crippen LogP contribution in [-0.4, -0.2) is 18.8 Å². The SMILES string of the molecule is C#CC(NN)C(CC)OCC. The van der Waals surface area contributed by atoms with Gasteiger partial charge in [-0.3, -0.25) is 5.84 Å². The average Bonchev–Trinajstić information content (AvgIpc) is 2.05. The number of nitrogens with two attached hydrogens (primary N) is 1. The van der Waals surface area contributed by atoms with Crippen molar-refractivity contribution in [3.05, 3.63) is 0 Å². The largest absolute Gasteiger partial charge is 0.376 e. The molecule has 0 aromatic heterocycles. The molecular weight excluding hydrogens is 140 g/mol. The lowest BCUT2D eigenvalue weighted by Crippen LogP contribution is -2.43. The molecule has 0 heterocycles. The highest BCUT2D eigenvalue weighted by molar-refractivity contribution is 5.01. The van der Waals surface area contributed by atoms with E-state index >= 15 is 0 Å². The Balaban J connectivity index is 3.89. The Hall–Kier alpha value is -0.560.